The summed E-state index contributed by atoms with van der Waals surface area (Å²) in [6, 6.07) is 21.1. The summed E-state index contributed by atoms with van der Waals surface area (Å²) in [6.07, 6.45) is 7.93. The molecule has 2 heterocycles. The summed E-state index contributed by atoms with van der Waals surface area (Å²) in [5.41, 5.74) is 2.56. The maximum absolute atomic E-state index is 12.9. The van der Waals surface area contributed by atoms with Crippen LogP contribution >= 0.6 is 0 Å². The number of anilines is 1. The monoisotopic (exact) mass is 400 g/mol. The van der Waals surface area contributed by atoms with Crippen molar-refractivity contribution in [2.45, 2.75) is 25.2 Å². The number of piperidine rings is 1. The fourth-order valence-corrected chi connectivity index (χ4v) is 4.23. The van der Waals surface area contributed by atoms with Gasteiger partial charge in [-0.1, -0.05) is 60.7 Å². The SMILES string of the molecule is O=C(NCCC(c1ccccc1)c1ccccc1)C1CCCN(c2cnccn2)C1. The van der Waals surface area contributed by atoms with Crippen LogP contribution in [0.15, 0.2) is 79.3 Å². The van der Waals surface area contributed by atoms with Crippen LogP contribution in [0, 0.1) is 5.92 Å². The first kappa shape index (κ1) is 20.1. The van der Waals surface area contributed by atoms with E-state index in [1.807, 2.05) is 12.1 Å². The van der Waals surface area contributed by atoms with Crippen LogP contribution in [0.3, 0.4) is 0 Å². The Labute approximate surface area is 178 Å². The number of hydrogen-bond acceptors (Lipinski definition) is 4. The predicted molar refractivity (Wildman–Crippen MR) is 119 cm³/mol. The molecule has 0 saturated carbocycles. The fraction of sp³-hybridized carbons (Fsp3) is 0.320. The highest BCUT2D eigenvalue weighted by molar-refractivity contribution is 5.79. The highest BCUT2D eigenvalue weighted by Gasteiger charge is 2.26. The van der Waals surface area contributed by atoms with E-state index in [9.17, 15) is 4.79 Å². The molecule has 0 bridgehead atoms. The van der Waals surface area contributed by atoms with Gasteiger partial charge in [0.05, 0.1) is 12.1 Å². The van der Waals surface area contributed by atoms with Crippen molar-refractivity contribution in [1.82, 2.24) is 15.3 Å². The van der Waals surface area contributed by atoms with Gasteiger partial charge in [0.15, 0.2) is 0 Å². The molecule has 0 spiro atoms. The van der Waals surface area contributed by atoms with Gasteiger partial charge in [-0.15, -0.1) is 0 Å². The Hall–Kier alpha value is -3.21. The zero-order chi connectivity index (χ0) is 20.6. The molecule has 5 nitrogen and oxygen atoms in total. The average molecular weight is 401 g/mol. The Bertz CT molecular complexity index is 878. The van der Waals surface area contributed by atoms with Gasteiger partial charge in [-0.25, -0.2) is 4.98 Å². The highest BCUT2D eigenvalue weighted by atomic mass is 16.1. The zero-order valence-electron chi connectivity index (χ0n) is 17.2. The first-order chi connectivity index (χ1) is 14.8. The normalized spacial score (nSPS) is 16.4. The number of rotatable bonds is 7. The second kappa shape index (κ2) is 10.0. The molecule has 1 N–H and O–H groups in total. The van der Waals surface area contributed by atoms with Crippen LogP contribution in [0.1, 0.15) is 36.3 Å². The van der Waals surface area contributed by atoms with Crippen LogP contribution < -0.4 is 10.2 Å². The Morgan fingerprint density at radius 2 is 1.73 bits per heavy atom. The van der Waals surface area contributed by atoms with Gasteiger partial charge in [0, 0.05) is 37.9 Å². The molecule has 154 valence electrons. The highest BCUT2D eigenvalue weighted by Crippen LogP contribution is 2.27. The van der Waals surface area contributed by atoms with E-state index in [0.29, 0.717) is 13.1 Å². The molecule has 0 radical (unpaired) electrons. The summed E-state index contributed by atoms with van der Waals surface area (Å²) in [5.74, 6) is 1.26. The minimum absolute atomic E-state index is 0.00680. The van der Waals surface area contributed by atoms with E-state index in [0.717, 1.165) is 31.6 Å². The van der Waals surface area contributed by atoms with Crippen molar-refractivity contribution >= 4 is 11.7 Å². The number of nitrogens with one attached hydrogen (secondary N) is 1. The molecule has 1 unspecified atom stereocenters. The summed E-state index contributed by atoms with van der Waals surface area (Å²) in [5, 5.41) is 3.19. The molecular formula is C25H28N4O. The van der Waals surface area contributed by atoms with Crippen LogP contribution in [0.5, 0.6) is 0 Å². The predicted octanol–water partition coefficient (Wildman–Crippen LogP) is 4.03. The first-order valence-electron chi connectivity index (χ1n) is 10.7. The lowest BCUT2D eigenvalue weighted by Gasteiger charge is -2.32. The van der Waals surface area contributed by atoms with Crippen LogP contribution in [0.2, 0.25) is 0 Å². The smallest absolute Gasteiger partial charge is 0.224 e. The molecule has 3 aromatic rings. The number of nitrogens with zero attached hydrogens (tertiary/aromatic N) is 3. The van der Waals surface area contributed by atoms with E-state index >= 15 is 0 Å². The second-order valence-electron chi connectivity index (χ2n) is 7.80. The summed E-state index contributed by atoms with van der Waals surface area (Å²) in [7, 11) is 0. The van der Waals surface area contributed by atoms with Crippen molar-refractivity contribution in [3.63, 3.8) is 0 Å². The maximum Gasteiger partial charge on any atom is 0.224 e. The molecule has 2 aromatic carbocycles. The molecule has 5 heteroatoms. The van der Waals surface area contributed by atoms with Crippen LogP contribution in [-0.2, 0) is 4.79 Å². The Morgan fingerprint density at radius 1 is 1.03 bits per heavy atom. The summed E-state index contributed by atoms with van der Waals surface area (Å²) in [4.78, 5) is 23.6. The van der Waals surface area contributed by atoms with Crippen molar-refractivity contribution in [3.05, 3.63) is 90.4 Å². The van der Waals surface area contributed by atoms with E-state index in [4.69, 9.17) is 0 Å². The lowest BCUT2D eigenvalue weighted by molar-refractivity contribution is -0.125. The van der Waals surface area contributed by atoms with Gasteiger partial charge in [0.1, 0.15) is 5.82 Å². The van der Waals surface area contributed by atoms with Crippen molar-refractivity contribution < 1.29 is 4.79 Å². The zero-order valence-corrected chi connectivity index (χ0v) is 17.2. The summed E-state index contributed by atoms with van der Waals surface area (Å²) < 4.78 is 0. The lowest BCUT2D eigenvalue weighted by Crippen LogP contribution is -2.43. The first-order valence-corrected chi connectivity index (χ1v) is 10.7. The molecule has 30 heavy (non-hydrogen) atoms. The topological polar surface area (TPSA) is 58.1 Å². The van der Waals surface area contributed by atoms with Crippen molar-refractivity contribution in [3.8, 4) is 0 Å². The van der Waals surface area contributed by atoms with E-state index in [-0.39, 0.29) is 17.7 Å². The molecule has 1 aliphatic heterocycles. The minimum Gasteiger partial charge on any atom is -0.356 e. The van der Waals surface area contributed by atoms with Gasteiger partial charge in [-0.3, -0.25) is 9.78 Å². The molecule has 1 atom stereocenters. The van der Waals surface area contributed by atoms with Gasteiger partial charge in [0.25, 0.3) is 0 Å². The number of hydrogen-bond donors (Lipinski definition) is 1. The van der Waals surface area contributed by atoms with Gasteiger partial charge >= 0.3 is 0 Å². The van der Waals surface area contributed by atoms with Gasteiger partial charge < -0.3 is 10.2 Å². The van der Waals surface area contributed by atoms with Crippen LogP contribution in [0.25, 0.3) is 0 Å². The maximum atomic E-state index is 12.9. The van der Waals surface area contributed by atoms with Crippen LogP contribution in [-0.4, -0.2) is 35.5 Å². The number of amides is 1. The number of carbonyl (C=O) groups is 1. The molecule has 1 fully saturated rings. The fourth-order valence-electron chi connectivity index (χ4n) is 4.23. The van der Waals surface area contributed by atoms with E-state index in [2.05, 4.69) is 68.7 Å². The minimum atomic E-state index is -0.00680. The summed E-state index contributed by atoms with van der Waals surface area (Å²) in [6.45, 7) is 2.28. The third-order valence-corrected chi connectivity index (χ3v) is 5.80. The molecule has 4 rings (SSSR count). The third-order valence-electron chi connectivity index (χ3n) is 5.80. The van der Waals surface area contributed by atoms with Crippen molar-refractivity contribution in [2.75, 3.05) is 24.5 Å². The lowest BCUT2D eigenvalue weighted by atomic mass is 9.88. The van der Waals surface area contributed by atoms with Gasteiger partial charge in [0.2, 0.25) is 5.91 Å². The molecule has 1 amide bonds. The van der Waals surface area contributed by atoms with Crippen molar-refractivity contribution in [1.29, 1.82) is 0 Å². The molecule has 1 aliphatic rings. The number of benzene rings is 2. The number of carbonyl (C=O) groups excluding carboxylic acids is 1. The van der Waals surface area contributed by atoms with Crippen LogP contribution in [0.4, 0.5) is 5.82 Å². The van der Waals surface area contributed by atoms with Crippen molar-refractivity contribution in [2.24, 2.45) is 5.92 Å². The Balaban J connectivity index is 1.35. The second-order valence-corrected chi connectivity index (χ2v) is 7.80. The van der Waals surface area contributed by atoms with Gasteiger partial charge in [-0.05, 0) is 30.4 Å². The molecular weight excluding hydrogens is 372 g/mol. The van der Waals surface area contributed by atoms with E-state index < -0.39 is 0 Å². The standard InChI is InChI=1S/C25H28N4O/c30-25(22-12-7-17-29(19-22)24-18-26-15-16-27-24)28-14-13-23(20-8-3-1-4-9-20)21-10-5-2-6-11-21/h1-6,8-11,15-16,18,22-23H,7,12-14,17,19H2,(H,28,30). The third kappa shape index (κ3) is 5.03. The average Bonchev–Trinajstić information content (AvgIpc) is 2.83. The molecule has 1 saturated heterocycles. The Kier molecular flexibility index (Phi) is 6.70. The quantitative estimate of drug-likeness (QED) is 0.651. The van der Waals surface area contributed by atoms with Gasteiger partial charge in [-0.2, -0.15) is 0 Å². The van der Waals surface area contributed by atoms with E-state index in [1.54, 1.807) is 18.6 Å². The molecule has 0 aliphatic carbocycles. The summed E-state index contributed by atoms with van der Waals surface area (Å²) >= 11 is 0. The Morgan fingerprint density at radius 3 is 2.37 bits per heavy atom. The number of aromatic nitrogens is 2. The van der Waals surface area contributed by atoms with E-state index in [1.165, 1.54) is 11.1 Å². The largest absolute Gasteiger partial charge is 0.356 e. The molecule has 1 aromatic heterocycles.